The van der Waals surface area contributed by atoms with Gasteiger partial charge >= 0.3 is 0 Å². The van der Waals surface area contributed by atoms with E-state index < -0.39 is 0 Å². The van der Waals surface area contributed by atoms with Crippen molar-refractivity contribution < 1.29 is 0 Å². The van der Waals surface area contributed by atoms with Gasteiger partial charge < -0.3 is 11.1 Å². The van der Waals surface area contributed by atoms with Crippen LogP contribution in [0, 0.1) is 0 Å². The van der Waals surface area contributed by atoms with Crippen LogP contribution in [0.4, 0.5) is 0 Å². The van der Waals surface area contributed by atoms with Gasteiger partial charge in [-0.15, -0.1) is 0 Å². The van der Waals surface area contributed by atoms with Crippen LogP contribution in [0.2, 0.25) is 0 Å². The number of hydrogen-bond acceptors (Lipinski definition) is 2. The van der Waals surface area contributed by atoms with Crippen LogP contribution in [0.3, 0.4) is 0 Å². The maximum atomic E-state index is 5.79. The molecule has 1 saturated carbocycles. The average molecular weight is 218 g/mol. The topological polar surface area (TPSA) is 38.0 Å². The summed E-state index contributed by atoms with van der Waals surface area (Å²) in [5.74, 6) is 0.842. The van der Waals surface area contributed by atoms with Gasteiger partial charge in [-0.25, -0.2) is 0 Å². The molecule has 0 radical (unpaired) electrons. The number of nitrogens with two attached hydrogens (primary N) is 1. The third-order valence-electron chi connectivity index (χ3n) is 3.26. The first kappa shape index (κ1) is 11.6. The lowest BCUT2D eigenvalue weighted by atomic mass is 10.0. The second-order valence-electron chi connectivity index (χ2n) is 4.68. The molecule has 0 aromatic heterocycles. The molecule has 88 valence electrons. The summed E-state index contributed by atoms with van der Waals surface area (Å²) in [7, 11) is 0. The van der Waals surface area contributed by atoms with E-state index in [2.05, 4.69) is 36.5 Å². The van der Waals surface area contributed by atoms with E-state index >= 15 is 0 Å². The number of nitrogens with one attached hydrogen (secondary N) is 1. The van der Waals surface area contributed by atoms with E-state index in [1.54, 1.807) is 0 Å². The zero-order chi connectivity index (χ0) is 11.4. The van der Waals surface area contributed by atoms with E-state index in [4.69, 9.17) is 5.73 Å². The summed E-state index contributed by atoms with van der Waals surface area (Å²) in [6, 6.07) is 9.31. The highest BCUT2D eigenvalue weighted by Gasteiger charge is 2.23. The molecule has 0 aliphatic heterocycles. The summed E-state index contributed by atoms with van der Waals surface area (Å²) in [5, 5.41) is 3.47. The Kier molecular flexibility index (Phi) is 3.97. The summed E-state index contributed by atoms with van der Waals surface area (Å²) in [6.45, 7) is 3.88. The summed E-state index contributed by atoms with van der Waals surface area (Å²) >= 11 is 0. The van der Waals surface area contributed by atoms with E-state index in [0.29, 0.717) is 12.6 Å². The van der Waals surface area contributed by atoms with Crippen LogP contribution in [-0.4, -0.2) is 13.1 Å². The third-order valence-corrected chi connectivity index (χ3v) is 3.26. The summed E-state index contributed by atoms with van der Waals surface area (Å²) in [6.07, 6.45) is 3.89. The molecule has 1 aliphatic carbocycles. The van der Waals surface area contributed by atoms with Crippen molar-refractivity contribution in [1.29, 1.82) is 0 Å². The lowest BCUT2D eigenvalue weighted by Crippen LogP contribution is -2.28. The molecule has 0 saturated heterocycles. The summed E-state index contributed by atoms with van der Waals surface area (Å²) < 4.78 is 0. The molecular formula is C14H22N2. The highest BCUT2D eigenvalue weighted by Crippen LogP contribution is 2.40. The van der Waals surface area contributed by atoms with E-state index in [-0.39, 0.29) is 0 Å². The van der Waals surface area contributed by atoms with E-state index in [1.165, 1.54) is 24.0 Å². The van der Waals surface area contributed by atoms with Crippen molar-refractivity contribution in [1.82, 2.24) is 5.32 Å². The Hall–Kier alpha value is -0.860. The number of rotatable bonds is 6. The van der Waals surface area contributed by atoms with Crippen LogP contribution in [-0.2, 0) is 0 Å². The Balaban J connectivity index is 2.00. The molecule has 16 heavy (non-hydrogen) atoms. The van der Waals surface area contributed by atoms with Crippen LogP contribution >= 0.6 is 0 Å². The van der Waals surface area contributed by atoms with Gasteiger partial charge in [-0.1, -0.05) is 31.2 Å². The quantitative estimate of drug-likeness (QED) is 0.770. The Morgan fingerprint density at radius 2 is 2.00 bits per heavy atom. The van der Waals surface area contributed by atoms with Crippen molar-refractivity contribution in [2.24, 2.45) is 5.73 Å². The number of benzene rings is 1. The Morgan fingerprint density at radius 1 is 1.31 bits per heavy atom. The lowest BCUT2D eigenvalue weighted by molar-refractivity contribution is 0.540. The smallest absolute Gasteiger partial charge is 0.0444 e. The van der Waals surface area contributed by atoms with Gasteiger partial charge in [0.1, 0.15) is 0 Å². The minimum atomic E-state index is 0.313. The minimum absolute atomic E-state index is 0.313. The molecule has 0 heterocycles. The molecule has 1 atom stereocenters. The van der Waals surface area contributed by atoms with Crippen molar-refractivity contribution in [2.45, 2.75) is 38.1 Å². The fourth-order valence-corrected chi connectivity index (χ4v) is 2.07. The van der Waals surface area contributed by atoms with Gasteiger partial charge in [-0.2, -0.15) is 0 Å². The molecule has 2 heteroatoms. The first-order chi connectivity index (χ1) is 7.85. The average Bonchev–Trinajstić information content (AvgIpc) is 3.15. The van der Waals surface area contributed by atoms with Crippen molar-refractivity contribution >= 4 is 0 Å². The van der Waals surface area contributed by atoms with Crippen LogP contribution in [0.5, 0.6) is 0 Å². The minimum Gasteiger partial charge on any atom is -0.329 e. The van der Waals surface area contributed by atoms with Crippen LogP contribution in [0.1, 0.15) is 49.3 Å². The molecule has 2 rings (SSSR count). The highest BCUT2D eigenvalue weighted by molar-refractivity contribution is 5.29. The molecule has 1 fully saturated rings. The van der Waals surface area contributed by atoms with Gasteiger partial charge in [-0.3, -0.25) is 0 Å². The fraction of sp³-hybridized carbons (Fsp3) is 0.571. The highest BCUT2D eigenvalue weighted by atomic mass is 14.9. The standard InChI is InChI=1S/C14H22N2/c1-2-9-16-14(10-15)13-7-5-12(6-8-13)11-3-4-11/h5-8,11,14,16H,2-4,9-10,15H2,1H3. The molecule has 1 aliphatic rings. The third kappa shape index (κ3) is 2.83. The molecule has 1 unspecified atom stereocenters. The van der Waals surface area contributed by atoms with Gasteiger partial charge in [0.15, 0.2) is 0 Å². The van der Waals surface area contributed by atoms with Crippen LogP contribution in [0.25, 0.3) is 0 Å². The van der Waals surface area contributed by atoms with Crippen molar-refractivity contribution in [3.63, 3.8) is 0 Å². The van der Waals surface area contributed by atoms with E-state index in [9.17, 15) is 0 Å². The monoisotopic (exact) mass is 218 g/mol. The second kappa shape index (κ2) is 5.46. The fourth-order valence-electron chi connectivity index (χ4n) is 2.07. The summed E-state index contributed by atoms with van der Waals surface area (Å²) in [4.78, 5) is 0. The molecule has 0 bridgehead atoms. The van der Waals surface area contributed by atoms with Gasteiger partial charge in [0.25, 0.3) is 0 Å². The van der Waals surface area contributed by atoms with Gasteiger partial charge in [-0.05, 0) is 42.9 Å². The zero-order valence-electron chi connectivity index (χ0n) is 10.1. The Bertz CT molecular complexity index is 314. The molecular weight excluding hydrogens is 196 g/mol. The SMILES string of the molecule is CCCNC(CN)c1ccc(C2CC2)cc1. The molecule has 3 N–H and O–H groups in total. The molecule has 2 nitrogen and oxygen atoms in total. The van der Waals surface area contributed by atoms with Gasteiger partial charge in [0, 0.05) is 12.6 Å². The van der Waals surface area contributed by atoms with Crippen molar-refractivity contribution in [3.8, 4) is 0 Å². The molecule has 1 aromatic carbocycles. The largest absolute Gasteiger partial charge is 0.329 e. The maximum absolute atomic E-state index is 5.79. The predicted molar refractivity (Wildman–Crippen MR) is 68.5 cm³/mol. The number of hydrogen-bond donors (Lipinski definition) is 2. The van der Waals surface area contributed by atoms with Crippen LogP contribution in [0.15, 0.2) is 24.3 Å². The molecule has 0 amide bonds. The van der Waals surface area contributed by atoms with Crippen LogP contribution < -0.4 is 11.1 Å². The van der Waals surface area contributed by atoms with Gasteiger partial charge in [0.2, 0.25) is 0 Å². The van der Waals surface area contributed by atoms with Crippen molar-refractivity contribution in [3.05, 3.63) is 35.4 Å². The predicted octanol–water partition coefficient (Wildman–Crippen LogP) is 2.56. The Morgan fingerprint density at radius 3 is 2.50 bits per heavy atom. The first-order valence-electron chi connectivity index (χ1n) is 6.38. The zero-order valence-corrected chi connectivity index (χ0v) is 10.1. The molecule has 0 spiro atoms. The first-order valence-corrected chi connectivity index (χ1v) is 6.38. The lowest BCUT2D eigenvalue weighted by Gasteiger charge is -2.17. The normalized spacial score (nSPS) is 17.4. The van der Waals surface area contributed by atoms with Crippen molar-refractivity contribution in [2.75, 3.05) is 13.1 Å². The second-order valence-corrected chi connectivity index (χ2v) is 4.68. The molecule has 1 aromatic rings. The maximum Gasteiger partial charge on any atom is 0.0444 e. The Labute approximate surface area is 98.2 Å². The van der Waals surface area contributed by atoms with E-state index in [0.717, 1.165) is 18.9 Å². The van der Waals surface area contributed by atoms with E-state index in [1.807, 2.05) is 0 Å². The van der Waals surface area contributed by atoms with Gasteiger partial charge in [0.05, 0.1) is 0 Å². The summed E-state index contributed by atoms with van der Waals surface area (Å²) in [5.41, 5.74) is 8.61.